The highest BCUT2D eigenvalue weighted by Gasteiger charge is 2.29. The molecule has 1 fully saturated rings. The van der Waals surface area contributed by atoms with Crippen LogP contribution in [0, 0.1) is 5.92 Å². The Morgan fingerprint density at radius 2 is 1.94 bits per heavy atom. The lowest BCUT2D eigenvalue weighted by molar-refractivity contribution is -0.0143. The van der Waals surface area contributed by atoms with Crippen LogP contribution in [0.2, 0.25) is 0 Å². The molecule has 1 saturated carbocycles. The third-order valence-corrected chi connectivity index (χ3v) is 3.80. The molecular formula is C14H21FN2. The summed E-state index contributed by atoms with van der Waals surface area (Å²) in [7, 11) is 1.53. The Morgan fingerprint density at radius 1 is 1.24 bits per heavy atom. The van der Waals surface area contributed by atoms with Gasteiger partial charge in [0.2, 0.25) is 0 Å². The first-order valence-corrected chi connectivity index (χ1v) is 6.37. The summed E-state index contributed by atoms with van der Waals surface area (Å²) in [5, 5.41) is 4.39. The van der Waals surface area contributed by atoms with E-state index in [-0.39, 0.29) is 6.04 Å². The first-order chi connectivity index (χ1) is 8.16. The maximum atomic E-state index is 13.2. The summed E-state index contributed by atoms with van der Waals surface area (Å²) in [6.07, 6.45) is 2.92. The average Bonchev–Trinajstić information content (AvgIpc) is 2.33. The zero-order valence-corrected chi connectivity index (χ0v) is 10.6. The monoisotopic (exact) mass is 236 g/mol. The number of nitrogens with zero attached hydrogens (tertiary/aromatic N) is 1. The molecule has 1 aliphatic carbocycles. The van der Waals surface area contributed by atoms with Gasteiger partial charge in [-0.3, -0.25) is 0 Å². The topological polar surface area (TPSA) is 15.3 Å². The van der Waals surface area contributed by atoms with Crippen LogP contribution in [0.25, 0.3) is 0 Å². The van der Waals surface area contributed by atoms with Crippen molar-refractivity contribution >= 4 is 5.69 Å². The van der Waals surface area contributed by atoms with Crippen molar-refractivity contribution in [3.63, 3.8) is 0 Å². The molecule has 3 unspecified atom stereocenters. The van der Waals surface area contributed by atoms with E-state index in [1.807, 2.05) is 18.2 Å². The molecule has 0 aromatic heterocycles. The average molecular weight is 236 g/mol. The summed E-state index contributed by atoms with van der Waals surface area (Å²) in [5.41, 5.74) is 1.13. The Hall–Kier alpha value is -1.09. The van der Waals surface area contributed by atoms with Crippen LogP contribution in [-0.2, 0) is 0 Å². The van der Waals surface area contributed by atoms with Gasteiger partial charge in [-0.2, -0.15) is 0 Å². The molecule has 0 heterocycles. The van der Waals surface area contributed by atoms with Crippen LogP contribution in [-0.4, -0.2) is 24.3 Å². The number of para-hydroxylation sites is 1. The van der Waals surface area contributed by atoms with E-state index in [9.17, 15) is 4.48 Å². The molecule has 2 rings (SSSR count). The van der Waals surface area contributed by atoms with E-state index >= 15 is 0 Å². The molecule has 3 heteroatoms. The van der Waals surface area contributed by atoms with Crippen molar-refractivity contribution in [1.82, 2.24) is 5.12 Å². The van der Waals surface area contributed by atoms with Gasteiger partial charge in [0.1, 0.15) is 0 Å². The van der Waals surface area contributed by atoms with E-state index in [0.29, 0.717) is 12.0 Å². The Bertz CT molecular complexity index is 339. The molecule has 0 amide bonds. The van der Waals surface area contributed by atoms with Crippen molar-refractivity contribution in [1.29, 1.82) is 0 Å². The Balaban J connectivity index is 1.99. The van der Waals surface area contributed by atoms with Crippen molar-refractivity contribution in [3.8, 4) is 0 Å². The lowest BCUT2D eigenvalue weighted by Gasteiger charge is -2.36. The number of nitrogens with one attached hydrogen (secondary N) is 1. The number of hydrogen-bond donors (Lipinski definition) is 1. The lowest BCUT2D eigenvalue weighted by Crippen LogP contribution is -2.41. The number of benzene rings is 1. The standard InChI is InChI=1S/C14H21FN2/c1-11-8-9-13(17(2)15)10-14(11)16-12-6-4-3-5-7-12/h3-7,11,13-14,16H,8-10H2,1-2H3. The summed E-state index contributed by atoms with van der Waals surface area (Å²) < 4.78 is 13.2. The molecule has 94 valence electrons. The number of halogens is 1. The molecule has 0 spiro atoms. The van der Waals surface area contributed by atoms with Crippen LogP contribution in [0.15, 0.2) is 30.3 Å². The molecule has 3 atom stereocenters. The molecule has 0 radical (unpaired) electrons. The van der Waals surface area contributed by atoms with E-state index in [2.05, 4.69) is 24.4 Å². The minimum atomic E-state index is 0.0624. The highest BCUT2D eigenvalue weighted by atomic mass is 19.2. The van der Waals surface area contributed by atoms with Crippen LogP contribution in [0.3, 0.4) is 0 Å². The van der Waals surface area contributed by atoms with Gasteiger partial charge in [-0.1, -0.05) is 25.1 Å². The van der Waals surface area contributed by atoms with Crippen molar-refractivity contribution in [2.75, 3.05) is 12.4 Å². The largest absolute Gasteiger partial charge is 0.382 e. The summed E-state index contributed by atoms with van der Waals surface area (Å²) in [5.74, 6) is 0.603. The molecule has 1 N–H and O–H groups in total. The smallest absolute Gasteiger partial charge is 0.0418 e. The molecule has 0 aliphatic heterocycles. The Kier molecular flexibility index (Phi) is 4.00. The second kappa shape index (κ2) is 5.50. The predicted molar refractivity (Wildman–Crippen MR) is 69.5 cm³/mol. The fourth-order valence-corrected chi connectivity index (χ4v) is 2.57. The second-order valence-corrected chi connectivity index (χ2v) is 5.09. The quantitative estimate of drug-likeness (QED) is 0.808. The molecule has 17 heavy (non-hydrogen) atoms. The number of hydrogen-bond acceptors (Lipinski definition) is 2. The van der Waals surface area contributed by atoms with Gasteiger partial charge >= 0.3 is 0 Å². The van der Waals surface area contributed by atoms with Gasteiger partial charge in [-0.05, 0) is 37.3 Å². The fraction of sp³-hybridized carbons (Fsp3) is 0.571. The summed E-state index contributed by atoms with van der Waals surface area (Å²) in [6.45, 7) is 2.25. The molecule has 0 bridgehead atoms. The summed E-state index contributed by atoms with van der Waals surface area (Å²) in [4.78, 5) is 0. The van der Waals surface area contributed by atoms with Gasteiger partial charge in [-0.25, -0.2) is 0 Å². The molecule has 2 nitrogen and oxygen atoms in total. The van der Waals surface area contributed by atoms with E-state index in [1.165, 1.54) is 7.05 Å². The number of rotatable bonds is 3. The van der Waals surface area contributed by atoms with Crippen molar-refractivity contribution in [2.24, 2.45) is 5.92 Å². The van der Waals surface area contributed by atoms with E-state index in [0.717, 1.165) is 30.1 Å². The van der Waals surface area contributed by atoms with Crippen LogP contribution in [0.5, 0.6) is 0 Å². The molecular weight excluding hydrogens is 215 g/mol. The van der Waals surface area contributed by atoms with E-state index in [4.69, 9.17) is 0 Å². The van der Waals surface area contributed by atoms with E-state index < -0.39 is 0 Å². The zero-order valence-electron chi connectivity index (χ0n) is 10.6. The van der Waals surface area contributed by atoms with Gasteiger partial charge in [-0.15, -0.1) is 9.60 Å². The van der Waals surface area contributed by atoms with Crippen molar-refractivity contribution < 1.29 is 4.48 Å². The van der Waals surface area contributed by atoms with Crippen LogP contribution in [0.1, 0.15) is 26.2 Å². The van der Waals surface area contributed by atoms with Crippen LogP contribution in [0.4, 0.5) is 10.2 Å². The normalized spacial score (nSPS) is 29.3. The molecule has 1 aromatic carbocycles. The summed E-state index contributed by atoms with van der Waals surface area (Å²) in [6, 6.07) is 10.6. The fourth-order valence-electron chi connectivity index (χ4n) is 2.57. The van der Waals surface area contributed by atoms with Crippen LogP contribution < -0.4 is 5.32 Å². The van der Waals surface area contributed by atoms with E-state index in [1.54, 1.807) is 0 Å². The minimum absolute atomic E-state index is 0.0624. The maximum Gasteiger partial charge on any atom is 0.0418 e. The second-order valence-electron chi connectivity index (χ2n) is 5.09. The minimum Gasteiger partial charge on any atom is -0.382 e. The first-order valence-electron chi connectivity index (χ1n) is 6.37. The number of anilines is 1. The Morgan fingerprint density at radius 3 is 2.59 bits per heavy atom. The van der Waals surface area contributed by atoms with Gasteiger partial charge in [0.05, 0.1) is 0 Å². The first kappa shape index (κ1) is 12.4. The van der Waals surface area contributed by atoms with Gasteiger partial charge in [0, 0.05) is 24.8 Å². The highest BCUT2D eigenvalue weighted by molar-refractivity contribution is 5.43. The third-order valence-electron chi connectivity index (χ3n) is 3.80. The summed E-state index contributed by atoms with van der Waals surface area (Å²) >= 11 is 0. The zero-order chi connectivity index (χ0) is 12.3. The molecule has 1 aliphatic rings. The molecule has 1 aromatic rings. The van der Waals surface area contributed by atoms with Crippen LogP contribution >= 0.6 is 0 Å². The highest BCUT2D eigenvalue weighted by Crippen LogP contribution is 2.29. The van der Waals surface area contributed by atoms with Crippen molar-refractivity contribution in [3.05, 3.63) is 30.3 Å². The maximum absolute atomic E-state index is 13.2. The Labute approximate surface area is 103 Å². The van der Waals surface area contributed by atoms with Crippen molar-refractivity contribution in [2.45, 2.75) is 38.3 Å². The molecule has 0 saturated heterocycles. The van der Waals surface area contributed by atoms with Gasteiger partial charge < -0.3 is 5.32 Å². The predicted octanol–water partition coefficient (Wildman–Crippen LogP) is 3.47. The SMILES string of the molecule is CC1CCC(N(C)F)CC1Nc1ccccc1. The van der Waals surface area contributed by atoms with Gasteiger partial charge in [0.25, 0.3) is 0 Å². The third kappa shape index (κ3) is 3.19. The lowest BCUT2D eigenvalue weighted by atomic mass is 9.82. The van der Waals surface area contributed by atoms with Gasteiger partial charge in [0.15, 0.2) is 0 Å².